The van der Waals surface area contributed by atoms with E-state index in [0.29, 0.717) is 0 Å². The van der Waals surface area contributed by atoms with Gasteiger partial charge >= 0.3 is 5.97 Å². The van der Waals surface area contributed by atoms with Gasteiger partial charge in [-0.25, -0.2) is 4.79 Å². The maximum atomic E-state index is 10.5. The van der Waals surface area contributed by atoms with Gasteiger partial charge in [0.1, 0.15) is 11.3 Å². The highest BCUT2D eigenvalue weighted by atomic mass is 127. The van der Waals surface area contributed by atoms with Gasteiger partial charge in [0.05, 0.1) is 3.57 Å². The van der Waals surface area contributed by atoms with Crippen molar-refractivity contribution in [3.05, 3.63) is 15.2 Å². The topological polar surface area (TPSA) is 98.0 Å². The van der Waals surface area contributed by atoms with Crippen LogP contribution in [0.15, 0.2) is 6.07 Å². The lowest BCUT2D eigenvalue weighted by Gasteiger charge is -2.06. The van der Waals surface area contributed by atoms with Gasteiger partial charge in [-0.2, -0.15) is 0 Å². The largest absolute Gasteiger partial charge is 0.506 e. The van der Waals surface area contributed by atoms with Gasteiger partial charge in [0, 0.05) is 6.07 Å². The summed E-state index contributed by atoms with van der Waals surface area (Å²) in [5, 5.41) is 35.9. The molecule has 0 atom stereocenters. The molecule has 0 amide bonds. The van der Waals surface area contributed by atoms with Gasteiger partial charge < -0.3 is 20.4 Å². The van der Waals surface area contributed by atoms with Crippen molar-refractivity contribution in [2.24, 2.45) is 0 Å². The number of phenols is 3. The zero-order valence-corrected chi connectivity index (χ0v) is 8.31. The maximum absolute atomic E-state index is 10.5. The van der Waals surface area contributed by atoms with Crippen LogP contribution in [-0.4, -0.2) is 26.4 Å². The molecule has 0 spiro atoms. The molecule has 0 bridgehead atoms. The first-order valence-electron chi connectivity index (χ1n) is 3.11. The molecule has 1 rings (SSSR count). The van der Waals surface area contributed by atoms with E-state index in [1.165, 1.54) is 0 Å². The molecular formula is C7H5IO5. The smallest absolute Gasteiger partial charge is 0.343 e. The highest BCUT2D eigenvalue weighted by Gasteiger charge is 2.21. The zero-order chi connectivity index (χ0) is 10.2. The average molecular weight is 296 g/mol. The van der Waals surface area contributed by atoms with Crippen LogP contribution in [0, 0.1) is 3.57 Å². The van der Waals surface area contributed by atoms with Crippen LogP contribution in [0.4, 0.5) is 0 Å². The second-order valence-corrected chi connectivity index (χ2v) is 3.42. The van der Waals surface area contributed by atoms with E-state index in [0.717, 1.165) is 6.07 Å². The number of hydrogen-bond donors (Lipinski definition) is 4. The van der Waals surface area contributed by atoms with Gasteiger partial charge in [0.25, 0.3) is 0 Å². The Hall–Kier alpha value is -1.18. The number of aromatic hydroxyl groups is 3. The van der Waals surface area contributed by atoms with Crippen LogP contribution in [-0.2, 0) is 0 Å². The maximum Gasteiger partial charge on any atom is 0.343 e. The lowest BCUT2D eigenvalue weighted by atomic mass is 10.1. The van der Waals surface area contributed by atoms with Gasteiger partial charge in [0.15, 0.2) is 11.5 Å². The van der Waals surface area contributed by atoms with Crippen LogP contribution in [0.5, 0.6) is 17.2 Å². The number of hydrogen-bond acceptors (Lipinski definition) is 4. The molecular weight excluding hydrogens is 291 g/mol. The number of aromatic carboxylic acids is 1. The summed E-state index contributed by atoms with van der Waals surface area (Å²) in [6.45, 7) is 0. The Morgan fingerprint density at radius 1 is 1.23 bits per heavy atom. The third-order valence-corrected chi connectivity index (χ3v) is 2.24. The minimum absolute atomic E-state index is 0.158. The summed E-state index contributed by atoms with van der Waals surface area (Å²) in [7, 11) is 0. The number of carboxylic acid groups (broad SMARTS) is 1. The van der Waals surface area contributed by atoms with Crippen molar-refractivity contribution in [2.45, 2.75) is 0 Å². The Morgan fingerprint density at radius 3 is 2.23 bits per heavy atom. The Kier molecular flexibility index (Phi) is 2.50. The van der Waals surface area contributed by atoms with Gasteiger partial charge in [-0.15, -0.1) is 0 Å². The molecule has 0 aliphatic rings. The van der Waals surface area contributed by atoms with Crippen molar-refractivity contribution in [1.29, 1.82) is 0 Å². The minimum Gasteiger partial charge on any atom is -0.506 e. The lowest BCUT2D eigenvalue weighted by Crippen LogP contribution is -1.98. The van der Waals surface area contributed by atoms with Crippen LogP contribution in [0.25, 0.3) is 0 Å². The molecule has 4 N–H and O–H groups in total. The van der Waals surface area contributed by atoms with Gasteiger partial charge in [0.2, 0.25) is 0 Å². The molecule has 0 saturated heterocycles. The minimum atomic E-state index is -1.50. The van der Waals surface area contributed by atoms with E-state index in [1.807, 2.05) is 0 Å². The van der Waals surface area contributed by atoms with Crippen LogP contribution < -0.4 is 0 Å². The summed E-state index contributed by atoms with van der Waals surface area (Å²) in [4.78, 5) is 10.5. The first-order chi connectivity index (χ1) is 5.95. The first kappa shape index (κ1) is 9.90. The van der Waals surface area contributed by atoms with Gasteiger partial charge in [-0.3, -0.25) is 0 Å². The molecule has 0 aliphatic heterocycles. The second kappa shape index (κ2) is 3.29. The van der Waals surface area contributed by atoms with Crippen LogP contribution in [0.1, 0.15) is 10.4 Å². The van der Waals surface area contributed by atoms with E-state index in [1.54, 1.807) is 22.6 Å². The Balaban J connectivity index is 3.56. The summed E-state index contributed by atoms with van der Waals surface area (Å²) >= 11 is 1.64. The van der Waals surface area contributed by atoms with Crippen molar-refractivity contribution in [3.63, 3.8) is 0 Å². The van der Waals surface area contributed by atoms with E-state index in [2.05, 4.69) is 0 Å². The monoisotopic (exact) mass is 296 g/mol. The fourth-order valence-electron chi connectivity index (χ4n) is 0.819. The molecule has 5 nitrogen and oxygen atoms in total. The highest BCUT2D eigenvalue weighted by molar-refractivity contribution is 14.1. The molecule has 0 heterocycles. The standard InChI is InChI=1S/C7H5IO5/c8-2-1-3(9)6(11)4(5(2)10)7(12)13/h1,9-11H,(H,12,13). The van der Waals surface area contributed by atoms with Crippen LogP contribution in [0.3, 0.4) is 0 Å². The summed E-state index contributed by atoms with van der Waals surface area (Å²) in [5.74, 6) is -3.45. The summed E-state index contributed by atoms with van der Waals surface area (Å²) in [5.41, 5.74) is -0.690. The molecule has 0 fully saturated rings. The number of carbonyl (C=O) groups is 1. The summed E-state index contributed by atoms with van der Waals surface area (Å²) in [6, 6.07) is 1.07. The molecule has 1 aromatic rings. The van der Waals surface area contributed by atoms with E-state index in [-0.39, 0.29) is 3.57 Å². The fraction of sp³-hybridized carbons (Fsp3) is 0. The first-order valence-corrected chi connectivity index (χ1v) is 4.19. The predicted molar refractivity (Wildman–Crippen MR) is 51.1 cm³/mol. The number of carboxylic acids is 1. The van der Waals surface area contributed by atoms with Crippen LogP contribution in [0.2, 0.25) is 0 Å². The molecule has 0 aromatic heterocycles. The molecule has 0 unspecified atom stereocenters. The average Bonchev–Trinajstić information content (AvgIpc) is 2.01. The van der Waals surface area contributed by atoms with Crippen molar-refractivity contribution in [1.82, 2.24) is 0 Å². The quantitative estimate of drug-likeness (QED) is 0.353. The van der Waals surface area contributed by atoms with Gasteiger partial charge in [-0.05, 0) is 22.6 Å². The van der Waals surface area contributed by atoms with Crippen molar-refractivity contribution in [3.8, 4) is 17.2 Å². The summed E-state index contributed by atoms with van der Waals surface area (Å²) < 4.78 is 0.158. The van der Waals surface area contributed by atoms with Crippen LogP contribution >= 0.6 is 22.6 Å². The molecule has 0 aliphatic carbocycles. The summed E-state index contributed by atoms with van der Waals surface area (Å²) in [6.07, 6.45) is 0. The van der Waals surface area contributed by atoms with E-state index in [4.69, 9.17) is 15.3 Å². The molecule has 1 aromatic carbocycles. The number of phenolic OH excluding ortho intramolecular Hbond substituents is 1. The molecule has 13 heavy (non-hydrogen) atoms. The molecule has 0 radical (unpaired) electrons. The third kappa shape index (κ3) is 1.62. The normalized spacial score (nSPS) is 9.92. The number of rotatable bonds is 1. The lowest BCUT2D eigenvalue weighted by molar-refractivity contribution is 0.0689. The SMILES string of the molecule is O=C(O)c1c(O)c(O)cc(I)c1O. The van der Waals surface area contributed by atoms with E-state index >= 15 is 0 Å². The second-order valence-electron chi connectivity index (χ2n) is 2.25. The fourth-order valence-corrected chi connectivity index (χ4v) is 1.38. The Morgan fingerprint density at radius 2 is 1.77 bits per heavy atom. The Bertz CT molecular complexity index is 347. The Labute approximate surface area is 86.4 Å². The molecule has 0 saturated carbocycles. The number of benzene rings is 1. The molecule has 6 heteroatoms. The van der Waals surface area contributed by atoms with Crippen molar-refractivity contribution in [2.75, 3.05) is 0 Å². The van der Waals surface area contributed by atoms with Crippen molar-refractivity contribution >= 4 is 28.6 Å². The zero-order valence-electron chi connectivity index (χ0n) is 6.15. The molecule has 70 valence electrons. The number of halogens is 1. The van der Waals surface area contributed by atoms with E-state index < -0.39 is 28.8 Å². The predicted octanol–water partition coefficient (Wildman–Crippen LogP) is 1.11. The van der Waals surface area contributed by atoms with E-state index in [9.17, 15) is 9.90 Å². The van der Waals surface area contributed by atoms with Crippen molar-refractivity contribution < 1.29 is 25.2 Å². The highest BCUT2D eigenvalue weighted by Crippen LogP contribution is 2.38. The third-order valence-electron chi connectivity index (χ3n) is 1.42. The van der Waals surface area contributed by atoms with Gasteiger partial charge in [-0.1, -0.05) is 0 Å².